The first-order chi connectivity index (χ1) is 3.93. The molecule has 40 valence electrons. The summed E-state index contributed by atoms with van der Waals surface area (Å²) in [6, 6.07) is 1.84. The van der Waals surface area contributed by atoms with Crippen molar-refractivity contribution >= 4 is 19.9 Å². The molecule has 0 spiro atoms. The number of nitrogens with zero attached hydrogens (tertiary/aromatic N) is 2. The van der Waals surface area contributed by atoms with Crippen molar-refractivity contribution in [2.75, 3.05) is 0 Å². The number of rotatable bonds is 1. The predicted molar refractivity (Wildman–Crippen MR) is 34.7 cm³/mol. The third-order valence-electron chi connectivity index (χ3n) is 0.935. The highest BCUT2D eigenvalue weighted by atomic mass is 27.1. The van der Waals surface area contributed by atoms with Gasteiger partial charge in [0.15, 0.2) is 0 Å². The molecule has 0 saturated heterocycles. The van der Waals surface area contributed by atoms with Crippen LogP contribution in [0.4, 0.5) is 0 Å². The zero-order chi connectivity index (χ0) is 5.82. The molecule has 1 heterocycles. The lowest BCUT2D eigenvalue weighted by Crippen LogP contribution is -2.17. The zero-order valence-electron chi connectivity index (χ0n) is 4.83. The predicted octanol–water partition coefficient (Wildman–Crippen LogP) is -0.413. The summed E-state index contributed by atoms with van der Waals surface area (Å²) in [4.78, 5) is 8.10. The Morgan fingerprint density at radius 3 is 2.38 bits per heavy atom. The van der Waals surface area contributed by atoms with Gasteiger partial charge < -0.3 is 0 Å². The molecule has 0 aliphatic rings. The van der Waals surface area contributed by atoms with E-state index in [0.29, 0.717) is 0 Å². The van der Waals surface area contributed by atoms with Gasteiger partial charge in [-0.25, -0.2) is 0 Å². The third-order valence-corrected chi connectivity index (χ3v) is 1.93. The van der Waals surface area contributed by atoms with Gasteiger partial charge in [0, 0.05) is 17.1 Å². The van der Waals surface area contributed by atoms with Crippen molar-refractivity contribution in [2.24, 2.45) is 0 Å². The standard InChI is InChI=1S/C4H3N2.CH3.Al.H/c1-2-5-4-6-3-1;;;/h1-3H;1H3;;. The molecule has 1 aromatic heterocycles. The van der Waals surface area contributed by atoms with Crippen LogP contribution in [0, 0.1) is 0 Å². The average Bonchev–Trinajstić information content (AvgIpc) is 1.90. The minimum Gasteiger partial charge on any atom is -0.262 e. The number of aromatic nitrogens is 2. The van der Waals surface area contributed by atoms with E-state index in [1.54, 1.807) is 12.4 Å². The maximum atomic E-state index is 4.05. The topological polar surface area (TPSA) is 25.8 Å². The van der Waals surface area contributed by atoms with E-state index in [2.05, 4.69) is 15.8 Å². The number of hydrogen-bond donors (Lipinski definition) is 0. The molecule has 1 aromatic rings. The van der Waals surface area contributed by atoms with E-state index in [-0.39, 0.29) is 15.2 Å². The van der Waals surface area contributed by atoms with E-state index in [4.69, 9.17) is 0 Å². The van der Waals surface area contributed by atoms with Crippen molar-refractivity contribution in [2.45, 2.75) is 5.79 Å². The summed E-state index contributed by atoms with van der Waals surface area (Å²) in [5.41, 5.74) is 0. The van der Waals surface area contributed by atoms with Crippen LogP contribution in [-0.4, -0.2) is 25.2 Å². The van der Waals surface area contributed by atoms with Gasteiger partial charge in [0.2, 0.25) is 0 Å². The van der Waals surface area contributed by atoms with Crippen molar-refractivity contribution in [1.29, 1.82) is 0 Å². The highest BCUT2D eigenvalue weighted by molar-refractivity contribution is 6.49. The Hall–Kier alpha value is -0.388. The van der Waals surface area contributed by atoms with Gasteiger partial charge in [-0.15, -0.1) is 5.79 Å². The SMILES string of the molecule is [CH3][AlH][c]1ncccn1. The van der Waals surface area contributed by atoms with E-state index in [0.717, 1.165) is 4.69 Å². The Balaban J connectivity index is 2.83. The molecule has 0 unspecified atom stereocenters. The summed E-state index contributed by atoms with van der Waals surface area (Å²) in [5.74, 6) is 2.18. The lowest BCUT2D eigenvalue weighted by molar-refractivity contribution is 1.23. The van der Waals surface area contributed by atoms with Gasteiger partial charge in [-0.1, -0.05) is 0 Å². The van der Waals surface area contributed by atoms with Gasteiger partial charge in [-0.05, 0) is 6.07 Å². The fourth-order valence-corrected chi connectivity index (χ4v) is 1.09. The molecule has 1 rings (SSSR count). The molecular weight excluding hydrogens is 115 g/mol. The van der Waals surface area contributed by atoms with Crippen LogP contribution >= 0.6 is 0 Å². The second-order valence-corrected chi connectivity index (χ2v) is 2.86. The smallest absolute Gasteiger partial charge is 0.262 e. The first kappa shape index (κ1) is 5.74. The second kappa shape index (κ2) is 2.81. The molecule has 8 heavy (non-hydrogen) atoms. The molecule has 0 aromatic carbocycles. The molecule has 0 N–H and O–H groups in total. The summed E-state index contributed by atoms with van der Waals surface area (Å²) in [6.07, 6.45) is 3.58. The van der Waals surface area contributed by atoms with Crippen molar-refractivity contribution in [1.82, 2.24) is 9.97 Å². The molecular formula is C5H7AlN2. The molecule has 0 fully saturated rings. The second-order valence-electron chi connectivity index (χ2n) is 1.52. The quantitative estimate of drug-likeness (QED) is 0.473. The van der Waals surface area contributed by atoms with Crippen molar-refractivity contribution in [3.63, 3.8) is 0 Å². The fourth-order valence-electron chi connectivity index (χ4n) is 0.513. The average molecular weight is 122 g/mol. The van der Waals surface area contributed by atoms with Crippen LogP contribution in [0.3, 0.4) is 0 Å². The molecule has 0 bridgehead atoms. The van der Waals surface area contributed by atoms with E-state index in [1.807, 2.05) is 6.07 Å². The van der Waals surface area contributed by atoms with Gasteiger partial charge in [-0.3, -0.25) is 9.97 Å². The van der Waals surface area contributed by atoms with Crippen LogP contribution in [0.25, 0.3) is 0 Å². The van der Waals surface area contributed by atoms with Crippen LogP contribution in [0.2, 0.25) is 5.79 Å². The van der Waals surface area contributed by atoms with Crippen molar-refractivity contribution in [3.05, 3.63) is 18.5 Å². The Morgan fingerprint density at radius 1 is 1.38 bits per heavy atom. The fraction of sp³-hybridized carbons (Fsp3) is 0.200. The number of hydrogen-bond acceptors (Lipinski definition) is 2. The lowest BCUT2D eigenvalue weighted by atomic mass is 10.7. The molecule has 3 heteroatoms. The lowest BCUT2D eigenvalue weighted by Gasteiger charge is -1.86. The Labute approximate surface area is 54.7 Å². The Morgan fingerprint density at radius 2 is 2.00 bits per heavy atom. The van der Waals surface area contributed by atoms with Crippen LogP contribution in [0.5, 0.6) is 0 Å². The molecule has 0 amide bonds. The van der Waals surface area contributed by atoms with Crippen molar-refractivity contribution < 1.29 is 0 Å². The van der Waals surface area contributed by atoms with E-state index < -0.39 is 0 Å². The molecule has 0 aliphatic heterocycles. The summed E-state index contributed by atoms with van der Waals surface area (Å²) in [5, 5.41) is 0. The molecule has 0 radical (unpaired) electrons. The summed E-state index contributed by atoms with van der Waals surface area (Å²) < 4.78 is 1.05. The van der Waals surface area contributed by atoms with Crippen LogP contribution in [-0.2, 0) is 0 Å². The molecule has 0 atom stereocenters. The Bertz CT molecular complexity index is 152. The van der Waals surface area contributed by atoms with Gasteiger partial charge in [0.25, 0.3) is 0 Å². The Kier molecular flexibility index (Phi) is 2.02. The van der Waals surface area contributed by atoms with Gasteiger partial charge in [0.1, 0.15) is 0 Å². The monoisotopic (exact) mass is 122 g/mol. The van der Waals surface area contributed by atoms with Crippen molar-refractivity contribution in [3.8, 4) is 0 Å². The normalized spacial score (nSPS) is 8.62. The molecule has 2 nitrogen and oxygen atoms in total. The summed E-state index contributed by atoms with van der Waals surface area (Å²) in [6.45, 7) is 0. The minimum atomic E-state index is -0.131. The highest BCUT2D eigenvalue weighted by Gasteiger charge is 1.88. The minimum absolute atomic E-state index is 0.131. The molecule has 0 aliphatic carbocycles. The van der Waals surface area contributed by atoms with Gasteiger partial charge in [-0.2, -0.15) is 0 Å². The highest BCUT2D eigenvalue weighted by Crippen LogP contribution is 1.67. The van der Waals surface area contributed by atoms with E-state index in [1.165, 1.54) is 0 Å². The van der Waals surface area contributed by atoms with Gasteiger partial charge in [0.05, 0.1) is 0 Å². The van der Waals surface area contributed by atoms with E-state index >= 15 is 0 Å². The first-order valence-corrected chi connectivity index (χ1v) is 4.81. The van der Waals surface area contributed by atoms with Crippen LogP contribution < -0.4 is 4.69 Å². The third kappa shape index (κ3) is 1.29. The maximum absolute atomic E-state index is 4.05. The first-order valence-electron chi connectivity index (χ1n) is 2.69. The van der Waals surface area contributed by atoms with Crippen LogP contribution in [0.15, 0.2) is 18.5 Å². The van der Waals surface area contributed by atoms with E-state index in [9.17, 15) is 0 Å². The van der Waals surface area contributed by atoms with Crippen LogP contribution in [0.1, 0.15) is 0 Å². The molecule has 0 saturated carbocycles. The summed E-state index contributed by atoms with van der Waals surface area (Å²) in [7, 11) is 0. The maximum Gasteiger partial charge on any atom is 0.341 e. The largest absolute Gasteiger partial charge is 0.341 e. The van der Waals surface area contributed by atoms with Gasteiger partial charge >= 0.3 is 15.2 Å². The summed E-state index contributed by atoms with van der Waals surface area (Å²) >= 11 is -0.131. The zero-order valence-corrected chi connectivity index (χ0v) is 6.25.